The van der Waals surface area contributed by atoms with Gasteiger partial charge in [0.2, 0.25) is 0 Å². The quantitative estimate of drug-likeness (QED) is 0.724. The van der Waals surface area contributed by atoms with Crippen LogP contribution in [0.4, 0.5) is 16.2 Å². The van der Waals surface area contributed by atoms with Crippen LogP contribution in [0.5, 0.6) is 0 Å². The molecule has 0 spiro atoms. The fourth-order valence-corrected chi connectivity index (χ4v) is 1.95. The molecule has 0 bridgehead atoms. The number of anilines is 2. The van der Waals surface area contributed by atoms with Crippen LogP contribution in [0.1, 0.15) is 18.1 Å². The van der Waals surface area contributed by atoms with Gasteiger partial charge in [0.05, 0.1) is 0 Å². The second-order valence-corrected chi connectivity index (χ2v) is 4.78. The summed E-state index contributed by atoms with van der Waals surface area (Å²) in [5.41, 5.74) is 3.76. The van der Waals surface area contributed by atoms with Crippen LogP contribution >= 0.6 is 12.8 Å². The summed E-state index contributed by atoms with van der Waals surface area (Å²) in [6.07, 6.45) is 0.512. The molecular formula is C16H18N2O2S. The Balaban J connectivity index is 1.83. The van der Waals surface area contributed by atoms with Gasteiger partial charge in [0.15, 0.2) is 0 Å². The minimum Gasteiger partial charge on any atom is -0.444 e. The highest BCUT2D eigenvalue weighted by Gasteiger charge is 2.04. The van der Waals surface area contributed by atoms with Crippen LogP contribution in [0.25, 0.3) is 0 Å². The predicted octanol–water partition coefficient (Wildman–Crippen LogP) is 4.25. The zero-order valence-electron chi connectivity index (χ0n) is 11.8. The van der Waals surface area contributed by atoms with E-state index in [0.29, 0.717) is 0 Å². The molecule has 0 heterocycles. The largest absolute Gasteiger partial charge is 0.444 e. The molecule has 2 aromatic rings. The van der Waals surface area contributed by atoms with Crippen molar-refractivity contribution in [1.29, 1.82) is 0 Å². The molecule has 0 aliphatic heterocycles. The molecule has 0 unspecified atom stereocenters. The highest BCUT2D eigenvalue weighted by atomic mass is 32.1. The Morgan fingerprint density at radius 2 is 1.57 bits per heavy atom. The molecule has 0 aliphatic rings. The summed E-state index contributed by atoms with van der Waals surface area (Å²) >= 11 is 3.95. The summed E-state index contributed by atoms with van der Waals surface area (Å²) in [5.74, 6) is 0. The lowest BCUT2D eigenvalue weighted by Crippen LogP contribution is -2.13. The fraction of sp³-hybridized carbons (Fsp3) is 0.188. The molecule has 21 heavy (non-hydrogen) atoms. The van der Waals surface area contributed by atoms with E-state index in [1.54, 1.807) is 0 Å². The highest BCUT2D eigenvalue weighted by molar-refractivity contribution is 7.81. The number of aryl methyl sites for hydroxylation is 1. The fourth-order valence-electron chi connectivity index (χ4n) is 1.80. The Morgan fingerprint density at radius 1 is 1.00 bits per heavy atom. The molecule has 0 fully saturated rings. The van der Waals surface area contributed by atoms with Gasteiger partial charge in [-0.25, -0.2) is 4.79 Å². The van der Waals surface area contributed by atoms with Crippen LogP contribution in [0.3, 0.4) is 0 Å². The van der Waals surface area contributed by atoms with Crippen molar-refractivity contribution >= 4 is 30.3 Å². The molecule has 4 nitrogen and oxygen atoms in total. The monoisotopic (exact) mass is 302 g/mol. The van der Waals surface area contributed by atoms with Crippen molar-refractivity contribution in [2.24, 2.45) is 0 Å². The summed E-state index contributed by atoms with van der Waals surface area (Å²) in [7, 11) is 0. The highest BCUT2D eigenvalue weighted by Crippen LogP contribution is 2.13. The number of amides is 1. The Kier molecular flexibility index (Phi) is 5.51. The molecule has 1 amide bonds. The van der Waals surface area contributed by atoms with E-state index < -0.39 is 6.09 Å². The van der Waals surface area contributed by atoms with Gasteiger partial charge >= 0.3 is 6.09 Å². The van der Waals surface area contributed by atoms with E-state index in [9.17, 15) is 4.79 Å². The first-order chi connectivity index (χ1) is 10.2. The molecule has 5 heteroatoms. The zero-order valence-corrected chi connectivity index (χ0v) is 12.7. The van der Waals surface area contributed by atoms with Crippen molar-refractivity contribution in [2.45, 2.75) is 20.0 Å². The van der Waals surface area contributed by atoms with Crippen molar-refractivity contribution in [3.8, 4) is 0 Å². The molecule has 0 radical (unpaired) electrons. The number of hydrogen-bond donors (Lipinski definition) is 3. The van der Waals surface area contributed by atoms with Crippen LogP contribution in [0.2, 0.25) is 0 Å². The second kappa shape index (κ2) is 7.59. The van der Waals surface area contributed by atoms with Crippen LogP contribution in [-0.2, 0) is 17.8 Å². The van der Waals surface area contributed by atoms with Crippen molar-refractivity contribution in [3.63, 3.8) is 0 Å². The summed E-state index contributed by atoms with van der Waals surface area (Å²) < 4.78 is 7.91. The van der Waals surface area contributed by atoms with Crippen LogP contribution < -0.4 is 10.0 Å². The number of hydrogen-bond acceptors (Lipinski definition) is 4. The Bertz CT molecular complexity index is 582. The Labute approximate surface area is 130 Å². The number of carbonyl (C=O) groups excluding carboxylic acids is 1. The summed E-state index contributed by atoms with van der Waals surface area (Å²) in [6.45, 7) is 2.32. The summed E-state index contributed by atoms with van der Waals surface area (Å²) in [6, 6.07) is 15.2. The second-order valence-electron chi connectivity index (χ2n) is 4.56. The maximum absolute atomic E-state index is 11.7. The lowest BCUT2D eigenvalue weighted by atomic mass is 10.1. The first-order valence-corrected chi connectivity index (χ1v) is 7.17. The molecule has 0 aliphatic carbocycles. The van der Waals surface area contributed by atoms with Gasteiger partial charge in [0.25, 0.3) is 0 Å². The lowest BCUT2D eigenvalue weighted by Gasteiger charge is -2.08. The SMILES string of the molecule is CCc1ccc(NC(=O)OCc2ccc(NS)cc2)cc1. The smallest absolute Gasteiger partial charge is 0.411 e. The average Bonchev–Trinajstić information content (AvgIpc) is 2.54. The number of nitrogens with one attached hydrogen (secondary N) is 2. The van der Waals surface area contributed by atoms with Crippen molar-refractivity contribution in [3.05, 3.63) is 59.7 Å². The van der Waals surface area contributed by atoms with Gasteiger partial charge in [-0.05, 0) is 41.8 Å². The third-order valence-corrected chi connectivity index (χ3v) is 3.32. The van der Waals surface area contributed by atoms with E-state index in [4.69, 9.17) is 4.74 Å². The van der Waals surface area contributed by atoms with Gasteiger partial charge < -0.3 is 9.46 Å². The van der Waals surface area contributed by atoms with Crippen LogP contribution in [0.15, 0.2) is 48.5 Å². The topological polar surface area (TPSA) is 50.4 Å². The molecule has 0 saturated heterocycles. The predicted molar refractivity (Wildman–Crippen MR) is 88.7 cm³/mol. The summed E-state index contributed by atoms with van der Waals surface area (Å²) in [4.78, 5) is 11.7. The maximum Gasteiger partial charge on any atom is 0.411 e. The van der Waals surface area contributed by atoms with Gasteiger partial charge in [0, 0.05) is 11.4 Å². The Morgan fingerprint density at radius 3 is 2.14 bits per heavy atom. The minimum absolute atomic E-state index is 0.228. The summed E-state index contributed by atoms with van der Waals surface area (Å²) in [5, 5.41) is 2.70. The average molecular weight is 302 g/mol. The number of carbonyl (C=O) groups is 1. The first kappa shape index (κ1) is 15.3. The number of ether oxygens (including phenoxy) is 1. The minimum atomic E-state index is -0.462. The van der Waals surface area contributed by atoms with Crippen molar-refractivity contribution < 1.29 is 9.53 Å². The lowest BCUT2D eigenvalue weighted by molar-refractivity contribution is 0.155. The Hall–Kier alpha value is -2.14. The number of benzene rings is 2. The molecule has 0 aromatic heterocycles. The molecular weight excluding hydrogens is 284 g/mol. The van der Waals surface area contributed by atoms with Gasteiger partial charge in [-0.15, -0.1) is 0 Å². The van der Waals surface area contributed by atoms with Crippen molar-refractivity contribution in [1.82, 2.24) is 0 Å². The van der Waals surface area contributed by atoms with Gasteiger partial charge in [-0.3, -0.25) is 5.32 Å². The van der Waals surface area contributed by atoms with Crippen LogP contribution in [0, 0.1) is 0 Å². The molecule has 110 valence electrons. The molecule has 2 rings (SSSR count). The van der Waals surface area contributed by atoms with E-state index in [0.717, 1.165) is 23.4 Å². The van der Waals surface area contributed by atoms with Gasteiger partial charge in [-0.1, -0.05) is 44.0 Å². The first-order valence-electron chi connectivity index (χ1n) is 6.73. The van der Waals surface area contributed by atoms with E-state index in [2.05, 4.69) is 29.8 Å². The van der Waals surface area contributed by atoms with Gasteiger partial charge in [-0.2, -0.15) is 0 Å². The molecule has 0 atom stereocenters. The maximum atomic E-state index is 11.7. The zero-order chi connectivity index (χ0) is 15.1. The van der Waals surface area contributed by atoms with Crippen LogP contribution in [-0.4, -0.2) is 6.09 Å². The van der Waals surface area contributed by atoms with E-state index in [1.165, 1.54) is 5.56 Å². The molecule has 2 aromatic carbocycles. The van der Waals surface area contributed by atoms with E-state index >= 15 is 0 Å². The van der Waals surface area contributed by atoms with E-state index in [1.807, 2.05) is 48.5 Å². The van der Waals surface area contributed by atoms with Gasteiger partial charge in [0.1, 0.15) is 6.61 Å². The molecule has 0 saturated carbocycles. The third kappa shape index (κ3) is 4.72. The van der Waals surface area contributed by atoms with E-state index in [-0.39, 0.29) is 6.61 Å². The number of thiol groups is 1. The molecule has 2 N–H and O–H groups in total. The standard InChI is InChI=1S/C16H18N2O2S/c1-2-12-3-7-14(8-4-12)17-16(19)20-11-13-5-9-15(18-21)10-6-13/h3-10,18,21H,2,11H2,1H3,(H,17,19). The third-order valence-electron chi connectivity index (χ3n) is 3.06. The van der Waals surface area contributed by atoms with Crippen molar-refractivity contribution in [2.75, 3.05) is 10.0 Å². The normalized spacial score (nSPS) is 10.0. The number of rotatable bonds is 5.